The molecule has 114 valence electrons. The molecule has 2 amide bonds. The minimum Gasteiger partial charge on any atom is -0.508 e. The van der Waals surface area contributed by atoms with Gasteiger partial charge in [0.15, 0.2) is 0 Å². The second-order valence-electron chi connectivity index (χ2n) is 5.00. The Balaban J connectivity index is 1.98. The predicted molar refractivity (Wildman–Crippen MR) is 75.7 cm³/mol. The summed E-state index contributed by atoms with van der Waals surface area (Å²) in [7, 11) is 1.64. The Kier molecular flexibility index (Phi) is 4.64. The number of amides is 2. The molecule has 0 heterocycles. The zero-order chi connectivity index (χ0) is 15.4. The number of rotatable bonds is 4. The van der Waals surface area contributed by atoms with Crippen LogP contribution in [0.2, 0.25) is 0 Å². The fourth-order valence-corrected chi connectivity index (χ4v) is 2.45. The van der Waals surface area contributed by atoms with Gasteiger partial charge < -0.3 is 25.6 Å². The summed E-state index contributed by atoms with van der Waals surface area (Å²) in [6.45, 7) is 0. The van der Waals surface area contributed by atoms with Crippen molar-refractivity contribution in [1.29, 1.82) is 0 Å². The smallest absolute Gasteiger partial charge is 0.337 e. The summed E-state index contributed by atoms with van der Waals surface area (Å²) < 4.78 is 5.23. The van der Waals surface area contributed by atoms with Crippen LogP contribution < -0.4 is 10.6 Å². The lowest BCUT2D eigenvalue weighted by Crippen LogP contribution is -2.37. The third kappa shape index (κ3) is 3.85. The van der Waals surface area contributed by atoms with Crippen LogP contribution in [0.1, 0.15) is 29.6 Å². The first kappa shape index (κ1) is 15.1. The SMILES string of the molecule is COC1CCC(NC(=O)Nc2ccc(O)cc2C(=O)O)C1. The number of phenols is 1. The number of phenolic OH excluding ortho intramolecular Hbond substituents is 1. The number of ether oxygens (including phenoxy) is 1. The summed E-state index contributed by atoms with van der Waals surface area (Å²) in [5.41, 5.74) is -0.0228. The second kappa shape index (κ2) is 6.45. The van der Waals surface area contributed by atoms with E-state index in [0.29, 0.717) is 0 Å². The molecule has 4 N–H and O–H groups in total. The van der Waals surface area contributed by atoms with Crippen LogP contribution in [0.25, 0.3) is 0 Å². The van der Waals surface area contributed by atoms with Crippen molar-refractivity contribution >= 4 is 17.7 Å². The zero-order valence-electron chi connectivity index (χ0n) is 11.6. The number of benzene rings is 1. The molecule has 0 spiro atoms. The Morgan fingerprint density at radius 2 is 2.10 bits per heavy atom. The van der Waals surface area contributed by atoms with Crippen LogP contribution in [0.4, 0.5) is 10.5 Å². The average Bonchev–Trinajstić information content (AvgIpc) is 2.88. The van der Waals surface area contributed by atoms with Crippen LogP contribution in [0.3, 0.4) is 0 Å². The van der Waals surface area contributed by atoms with Crippen LogP contribution in [0, 0.1) is 0 Å². The first-order valence-electron chi connectivity index (χ1n) is 6.66. The van der Waals surface area contributed by atoms with Gasteiger partial charge in [0.25, 0.3) is 0 Å². The van der Waals surface area contributed by atoms with Crippen LogP contribution in [0.15, 0.2) is 18.2 Å². The van der Waals surface area contributed by atoms with Crippen LogP contribution >= 0.6 is 0 Å². The third-order valence-electron chi connectivity index (χ3n) is 3.53. The molecule has 2 atom stereocenters. The molecule has 0 aromatic heterocycles. The molecule has 2 unspecified atom stereocenters. The van der Waals surface area contributed by atoms with E-state index in [4.69, 9.17) is 9.84 Å². The molecule has 0 bridgehead atoms. The van der Waals surface area contributed by atoms with Crippen molar-refractivity contribution in [2.75, 3.05) is 12.4 Å². The van der Waals surface area contributed by atoms with Crippen molar-refractivity contribution in [3.63, 3.8) is 0 Å². The van der Waals surface area contributed by atoms with E-state index >= 15 is 0 Å². The van der Waals surface area contributed by atoms with Crippen LogP contribution in [-0.2, 0) is 4.74 Å². The standard InChI is InChI=1S/C14H18N2O5/c1-21-10-4-2-8(6-10)15-14(20)16-12-5-3-9(17)7-11(12)13(18)19/h3,5,7-8,10,17H,2,4,6H2,1H3,(H,18,19)(H2,15,16,20). The van der Waals surface area contributed by atoms with Crippen molar-refractivity contribution in [1.82, 2.24) is 5.32 Å². The van der Waals surface area contributed by atoms with E-state index in [2.05, 4.69) is 10.6 Å². The van der Waals surface area contributed by atoms with Gasteiger partial charge in [-0.15, -0.1) is 0 Å². The van der Waals surface area contributed by atoms with Crippen molar-refractivity contribution in [3.8, 4) is 5.75 Å². The van der Waals surface area contributed by atoms with E-state index in [9.17, 15) is 14.7 Å². The Bertz CT molecular complexity index is 546. The normalized spacial score (nSPS) is 21.0. The lowest BCUT2D eigenvalue weighted by Gasteiger charge is -2.15. The Labute approximate surface area is 121 Å². The highest BCUT2D eigenvalue weighted by molar-refractivity contribution is 6.00. The lowest BCUT2D eigenvalue weighted by molar-refractivity contribution is 0.0697. The fraction of sp³-hybridized carbons (Fsp3) is 0.429. The molecule has 7 nitrogen and oxygen atoms in total. The predicted octanol–water partition coefficient (Wildman–Crippen LogP) is 1.78. The molecule has 7 heteroatoms. The molecular formula is C14H18N2O5. The largest absolute Gasteiger partial charge is 0.508 e. The molecule has 0 aliphatic heterocycles. The monoisotopic (exact) mass is 294 g/mol. The molecule has 1 aliphatic rings. The maximum absolute atomic E-state index is 11.9. The number of aromatic hydroxyl groups is 1. The number of nitrogens with one attached hydrogen (secondary N) is 2. The number of carbonyl (C=O) groups is 2. The summed E-state index contributed by atoms with van der Waals surface area (Å²) in [4.78, 5) is 23.0. The number of aromatic carboxylic acids is 1. The zero-order valence-corrected chi connectivity index (χ0v) is 11.6. The number of methoxy groups -OCH3 is 1. The van der Waals surface area contributed by atoms with Crippen molar-refractivity contribution in [2.45, 2.75) is 31.4 Å². The van der Waals surface area contributed by atoms with E-state index in [1.54, 1.807) is 7.11 Å². The number of anilines is 1. The van der Waals surface area contributed by atoms with Gasteiger partial charge in [0, 0.05) is 13.2 Å². The first-order valence-corrected chi connectivity index (χ1v) is 6.66. The Morgan fingerprint density at radius 1 is 1.33 bits per heavy atom. The van der Waals surface area contributed by atoms with Gasteiger partial charge in [-0.2, -0.15) is 0 Å². The van der Waals surface area contributed by atoms with Crippen LogP contribution in [-0.4, -0.2) is 41.5 Å². The molecule has 0 radical (unpaired) electrons. The van der Waals surface area contributed by atoms with Crippen molar-refractivity contribution in [2.24, 2.45) is 0 Å². The number of urea groups is 1. The molecule has 1 aromatic carbocycles. The quantitative estimate of drug-likeness (QED) is 0.633. The maximum atomic E-state index is 11.9. The number of carboxylic acid groups (broad SMARTS) is 1. The minimum atomic E-state index is -1.22. The summed E-state index contributed by atoms with van der Waals surface area (Å²) in [6, 6.07) is 3.31. The number of hydrogen-bond acceptors (Lipinski definition) is 4. The maximum Gasteiger partial charge on any atom is 0.337 e. The second-order valence-corrected chi connectivity index (χ2v) is 5.00. The lowest BCUT2D eigenvalue weighted by atomic mass is 10.1. The van der Waals surface area contributed by atoms with Crippen LogP contribution in [0.5, 0.6) is 5.75 Å². The van der Waals surface area contributed by atoms with Gasteiger partial charge >= 0.3 is 12.0 Å². The first-order chi connectivity index (χ1) is 9.99. The van der Waals surface area contributed by atoms with Gasteiger partial charge in [-0.05, 0) is 37.5 Å². The van der Waals surface area contributed by atoms with Gasteiger partial charge in [0.05, 0.1) is 17.4 Å². The molecule has 1 aliphatic carbocycles. The number of carboxylic acids is 1. The van der Waals surface area contributed by atoms with Gasteiger partial charge in [-0.1, -0.05) is 0 Å². The molecule has 21 heavy (non-hydrogen) atoms. The van der Waals surface area contributed by atoms with Gasteiger partial charge in [-0.3, -0.25) is 0 Å². The molecular weight excluding hydrogens is 276 g/mol. The van der Waals surface area contributed by atoms with Gasteiger partial charge in [0.2, 0.25) is 0 Å². The molecule has 1 saturated carbocycles. The molecule has 1 aromatic rings. The van der Waals surface area contributed by atoms with Crippen molar-refractivity contribution < 1.29 is 24.5 Å². The topological polar surface area (TPSA) is 108 Å². The Hall–Kier alpha value is -2.28. The number of carbonyl (C=O) groups excluding carboxylic acids is 1. The highest BCUT2D eigenvalue weighted by Crippen LogP contribution is 2.23. The van der Waals surface area contributed by atoms with E-state index in [1.807, 2.05) is 0 Å². The van der Waals surface area contributed by atoms with E-state index in [-0.39, 0.29) is 29.1 Å². The summed E-state index contributed by atoms with van der Waals surface area (Å²) in [5, 5.41) is 23.6. The fourth-order valence-electron chi connectivity index (χ4n) is 2.45. The molecule has 1 fully saturated rings. The summed E-state index contributed by atoms with van der Waals surface area (Å²) in [5.74, 6) is -1.39. The summed E-state index contributed by atoms with van der Waals surface area (Å²) in [6.07, 6.45) is 2.61. The van der Waals surface area contributed by atoms with E-state index < -0.39 is 12.0 Å². The highest BCUT2D eigenvalue weighted by atomic mass is 16.5. The average molecular weight is 294 g/mol. The number of hydrogen-bond donors (Lipinski definition) is 4. The molecule has 2 rings (SSSR count). The van der Waals surface area contributed by atoms with Crippen molar-refractivity contribution in [3.05, 3.63) is 23.8 Å². The molecule has 0 saturated heterocycles. The minimum absolute atomic E-state index is 0.0142. The van der Waals surface area contributed by atoms with E-state index in [1.165, 1.54) is 12.1 Å². The highest BCUT2D eigenvalue weighted by Gasteiger charge is 2.26. The summed E-state index contributed by atoms with van der Waals surface area (Å²) >= 11 is 0. The Morgan fingerprint density at radius 3 is 2.71 bits per heavy atom. The van der Waals surface area contributed by atoms with E-state index in [0.717, 1.165) is 25.3 Å². The third-order valence-corrected chi connectivity index (χ3v) is 3.53. The van der Waals surface area contributed by atoms with Gasteiger partial charge in [-0.25, -0.2) is 9.59 Å². The van der Waals surface area contributed by atoms with Gasteiger partial charge in [0.1, 0.15) is 5.75 Å².